The highest BCUT2D eigenvalue weighted by molar-refractivity contribution is 6.00. The first-order valence-corrected chi connectivity index (χ1v) is 3.19. The molecule has 0 saturated heterocycles. The van der Waals surface area contributed by atoms with Crippen molar-refractivity contribution < 1.29 is 14.4 Å². The highest BCUT2D eigenvalue weighted by Crippen LogP contribution is 1.93. The SMILES string of the molecule is CC(=O)N(C)C(=O)N(C)C(N)=O. The van der Waals surface area contributed by atoms with Gasteiger partial charge in [-0.3, -0.25) is 9.69 Å². The Kier molecular flexibility index (Phi) is 3.21. The van der Waals surface area contributed by atoms with E-state index in [-0.39, 0.29) is 0 Å². The molecule has 0 saturated carbocycles. The van der Waals surface area contributed by atoms with Gasteiger partial charge in [-0.2, -0.15) is 0 Å². The van der Waals surface area contributed by atoms with Crippen LogP contribution in [-0.4, -0.2) is 41.9 Å². The van der Waals surface area contributed by atoms with E-state index in [0.717, 1.165) is 4.90 Å². The Morgan fingerprint density at radius 3 is 1.75 bits per heavy atom. The van der Waals surface area contributed by atoms with Crippen LogP contribution in [0, 0.1) is 0 Å². The predicted octanol–water partition coefficient (Wildman–Crippen LogP) is -0.405. The van der Waals surface area contributed by atoms with Crippen LogP contribution < -0.4 is 5.73 Å². The lowest BCUT2D eigenvalue weighted by atomic mass is 10.6. The summed E-state index contributed by atoms with van der Waals surface area (Å²) in [7, 11) is 2.47. The van der Waals surface area contributed by atoms with Crippen molar-refractivity contribution in [2.24, 2.45) is 5.73 Å². The van der Waals surface area contributed by atoms with Crippen LogP contribution in [0.15, 0.2) is 0 Å². The zero-order chi connectivity index (χ0) is 9.89. The minimum Gasteiger partial charge on any atom is -0.351 e. The quantitative estimate of drug-likeness (QED) is 0.540. The number of hydrogen-bond acceptors (Lipinski definition) is 3. The summed E-state index contributed by atoms with van der Waals surface area (Å²) < 4.78 is 0. The molecule has 12 heavy (non-hydrogen) atoms. The molecule has 5 amide bonds. The molecule has 0 fully saturated rings. The third-order valence-corrected chi connectivity index (χ3v) is 1.38. The summed E-state index contributed by atoms with van der Waals surface area (Å²) >= 11 is 0. The first-order chi connectivity index (χ1) is 5.37. The van der Waals surface area contributed by atoms with E-state index in [2.05, 4.69) is 0 Å². The maximum Gasteiger partial charge on any atom is 0.334 e. The molecule has 0 aromatic heterocycles. The van der Waals surface area contributed by atoms with Crippen molar-refractivity contribution in [2.45, 2.75) is 6.92 Å². The van der Waals surface area contributed by atoms with E-state index in [1.54, 1.807) is 0 Å². The first-order valence-electron chi connectivity index (χ1n) is 3.19. The van der Waals surface area contributed by atoms with Gasteiger partial charge in [-0.15, -0.1) is 0 Å². The molecule has 0 unspecified atom stereocenters. The van der Waals surface area contributed by atoms with Crippen LogP contribution in [0.25, 0.3) is 0 Å². The number of hydrogen-bond donors (Lipinski definition) is 1. The first kappa shape index (κ1) is 10.4. The summed E-state index contributed by atoms with van der Waals surface area (Å²) in [6.45, 7) is 1.22. The van der Waals surface area contributed by atoms with Gasteiger partial charge >= 0.3 is 12.1 Å². The molecule has 0 heterocycles. The van der Waals surface area contributed by atoms with Gasteiger partial charge in [-0.05, 0) is 0 Å². The van der Waals surface area contributed by atoms with E-state index in [0.29, 0.717) is 4.90 Å². The predicted molar refractivity (Wildman–Crippen MR) is 41.2 cm³/mol. The molecular formula is C6H11N3O3. The van der Waals surface area contributed by atoms with Gasteiger partial charge < -0.3 is 5.73 Å². The smallest absolute Gasteiger partial charge is 0.334 e. The Hall–Kier alpha value is -1.59. The second kappa shape index (κ2) is 3.70. The summed E-state index contributed by atoms with van der Waals surface area (Å²) in [4.78, 5) is 33.6. The Morgan fingerprint density at radius 1 is 1.08 bits per heavy atom. The third kappa shape index (κ3) is 2.22. The van der Waals surface area contributed by atoms with Crippen molar-refractivity contribution in [3.05, 3.63) is 0 Å². The van der Waals surface area contributed by atoms with Gasteiger partial charge in [0, 0.05) is 21.0 Å². The van der Waals surface area contributed by atoms with Crippen LogP contribution >= 0.6 is 0 Å². The summed E-state index contributed by atoms with van der Waals surface area (Å²) in [6, 6.07) is -1.64. The van der Waals surface area contributed by atoms with E-state index < -0.39 is 18.0 Å². The number of primary amides is 1. The van der Waals surface area contributed by atoms with Crippen LogP contribution in [0.2, 0.25) is 0 Å². The van der Waals surface area contributed by atoms with Crippen LogP contribution in [0.4, 0.5) is 9.59 Å². The van der Waals surface area contributed by atoms with E-state index in [1.807, 2.05) is 0 Å². The Bertz CT molecular complexity index is 204. The van der Waals surface area contributed by atoms with E-state index >= 15 is 0 Å². The topological polar surface area (TPSA) is 83.7 Å². The number of amides is 5. The molecule has 0 aromatic rings. The molecular weight excluding hydrogens is 162 g/mol. The molecule has 6 heteroatoms. The second-order valence-electron chi connectivity index (χ2n) is 2.26. The number of rotatable bonds is 0. The minimum absolute atomic E-state index is 0.451. The summed E-state index contributed by atoms with van der Waals surface area (Å²) in [5.74, 6) is -0.451. The molecule has 0 spiro atoms. The number of nitrogens with zero attached hydrogens (tertiary/aromatic N) is 2. The largest absolute Gasteiger partial charge is 0.351 e. The Balaban J connectivity index is 4.39. The molecule has 0 rings (SSSR count). The average Bonchev–Trinajstić information content (AvgIpc) is 2.00. The number of urea groups is 2. The fourth-order valence-corrected chi connectivity index (χ4v) is 0.454. The zero-order valence-electron chi connectivity index (χ0n) is 7.20. The Morgan fingerprint density at radius 2 is 1.50 bits per heavy atom. The number of nitrogens with two attached hydrogens (primary N) is 1. The van der Waals surface area contributed by atoms with Crippen molar-refractivity contribution in [3.63, 3.8) is 0 Å². The summed E-state index contributed by atoms with van der Waals surface area (Å²) in [5.41, 5.74) is 4.80. The molecule has 0 aliphatic heterocycles. The zero-order valence-corrected chi connectivity index (χ0v) is 7.20. The Labute approximate surface area is 69.9 Å². The molecule has 0 aromatic carbocycles. The maximum absolute atomic E-state index is 11.1. The third-order valence-electron chi connectivity index (χ3n) is 1.38. The summed E-state index contributed by atoms with van der Waals surface area (Å²) in [5, 5.41) is 0. The minimum atomic E-state index is -0.895. The van der Waals surface area contributed by atoms with Crippen LogP contribution in [0.5, 0.6) is 0 Å². The maximum atomic E-state index is 11.1. The van der Waals surface area contributed by atoms with E-state index in [9.17, 15) is 14.4 Å². The lowest BCUT2D eigenvalue weighted by molar-refractivity contribution is -0.125. The highest BCUT2D eigenvalue weighted by Gasteiger charge is 2.20. The van der Waals surface area contributed by atoms with Gasteiger partial charge in [-0.1, -0.05) is 0 Å². The molecule has 0 aliphatic carbocycles. The average molecular weight is 173 g/mol. The number of imide groups is 2. The van der Waals surface area contributed by atoms with Gasteiger partial charge in [0.1, 0.15) is 0 Å². The van der Waals surface area contributed by atoms with Crippen LogP contribution in [0.3, 0.4) is 0 Å². The molecule has 68 valence electrons. The fraction of sp³-hybridized carbons (Fsp3) is 0.500. The summed E-state index contributed by atoms with van der Waals surface area (Å²) in [6.07, 6.45) is 0. The van der Waals surface area contributed by atoms with Gasteiger partial charge in [0.2, 0.25) is 5.91 Å². The lowest BCUT2D eigenvalue weighted by Crippen LogP contribution is -2.46. The van der Waals surface area contributed by atoms with Crippen LogP contribution in [0.1, 0.15) is 6.92 Å². The second-order valence-corrected chi connectivity index (χ2v) is 2.26. The van der Waals surface area contributed by atoms with E-state index in [1.165, 1.54) is 21.0 Å². The van der Waals surface area contributed by atoms with Crippen molar-refractivity contribution in [2.75, 3.05) is 14.1 Å². The van der Waals surface area contributed by atoms with E-state index in [4.69, 9.17) is 5.73 Å². The molecule has 6 nitrogen and oxygen atoms in total. The van der Waals surface area contributed by atoms with Crippen LogP contribution in [-0.2, 0) is 4.79 Å². The molecule has 0 radical (unpaired) electrons. The van der Waals surface area contributed by atoms with Gasteiger partial charge in [-0.25, -0.2) is 14.5 Å². The number of carbonyl (C=O) groups is 3. The monoisotopic (exact) mass is 173 g/mol. The van der Waals surface area contributed by atoms with Gasteiger partial charge in [0.15, 0.2) is 0 Å². The van der Waals surface area contributed by atoms with Crippen molar-refractivity contribution in [1.29, 1.82) is 0 Å². The molecule has 0 bridgehead atoms. The van der Waals surface area contributed by atoms with Crippen molar-refractivity contribution in [3.8, 4) is 0 Å². The van der Waals surface area contributed by atoms with Gasteiger partial charge in [0.25, 0.3) is 0 Å². The fourth-order valence-electron chi connectivity index (χ4n) is 0.454. The van der Waals surface area contributed by atoms with Crippen molar-refractivity contribution in [1.82, 2.24) is 9.80 Å². The van der Waals surface area contributed by atoms with Crippen molar-refractivity contribution >= 4 is 18.0 Å². The standard InChI is InChI=1S/C6H11N3O3/c1-4(10)8(2)6(12)9(3)5(7)11/h1-3H3,(H2,7,11). The lowest BCUT2D eigenvalue weighted by Gasteiger charge is -2.18. The molecule has 0 aliphatic rings. The van der Waals surface area contributed by atoms with Gasteiger partial charge in [0.05, 0.1) is 0 Å². The molecule has 0 atom stereocenters. The highest BCUT2D eigenvalue weighted by atomic mass is 16.2. The normalized spacial score (nSPS) is 8.92. The molecule has 2 N–H and O–H groups in total. The number of carbonyl (C=O) groups excluding carboxylic acids is 3.